The molecule has 5 nitrogen and oxygen atoms in total. The van der Waals surface area contributed by atoms with Crippen LogP contribution in [0.1, 0.15) is 18.4 Å². The highest BCUT2D eigenvalue weighted by Crippen LogP contribution is 2.31. The monoisotopic (exact) mass is 295 g/mol. The van der Waals surface area contributed by atoms with Crippen LogP contribution in [0.5, 0.6) is 11.5 Å². The minimum Gasteiger partial charge on any atom is -0.493 e. The molecule has 1 heterocycles. The molecule has 0 aromatic heterocycles. The predicted octanol–water partition coefficient (Wildman–Crippen LogP) is 1.99. The number of hydrogen-bond donors (Lipinski definition) is 1. The molecule has 0 spiro atoms. The minimum absolute atomic E-state index is 0.341. The molecule has 0 aliphatic carbocycles. The second kappa shape index (κ2) is 8.87. The Balaban J connectivity index is 1.92. The topological polar surface area (TPSA) is 49.0 Å². The van der Waals surface area contributed by atoms with Gasteiger partial charge in [-0.25, -0.2) is 0 Å². The van der Waals surface area contributed by atoms with Crippen LogP contribution >= 0.6 is 0 Å². The molecule has 1 aromatic rings. The molecule has 1 aliphatic heterocycles. The Morgan fingerprint density at radius 1 is 1.29 bits per heavy atom. The minimum atomic E-state index is 0.341. The van der Waals surface area contributed by atoms with E-state index in [2.05, 4.69) is 5.32 Å². The normalized spacial score (nSPS) is 17.9. The Morgan fingerprint density at radius 3 is 2.90 bits per heavy atom. The Labute approximate surface area is 126 Å². The molecule has 1 fully saturated rings. The van der Waals surface area contributed by atoms with Gasteiger partial charge in [0, 0.05) is 32.4 Å². The molecule has 1 unspecified atom stereocenters. The molecular formula is C16H25NO4. The second-order valence-corrected chi connectivity index (χ2v) is 5.06. The maximum atomic E-state index is 5.80. The molecule has 5 heteroatoms. The van der Waals surface area contributed by atoms with E-state index < -0.39 is 0 Å². The van der Waals surface area contributed by atoms with E-state index in [1.165, 1.54) is 0 Å². The lowest BCUT2D eigenvalue weighted by Gasteiger charge is -2.16. The highest BCUT2D eigenvalue weighted by atomic mass is 16.5. The van der Waals surface area contributed by atoms with Crippen LogP contribution in [0.2, 0.25) is 0 Å². The van der Waals surface area contributed by atoms with Crippen LogP contribution in [0.3, 0.4) is 0 Å². The van der Waals surface area contributed by atoms with E-state index in [1.54, 1.807) is 14.2 Å². The van der Waals surface area contributed by atoms with Crippen molar-refractivity contribution in [3.05, 3.63) is 23.8 Å². The lowest BCUT2D eigenvalue weighted by molar-refractivity contribution is 0.109. The molecular weight excluding hydrogens is 270 g/mol. The molecule has 1 aliphatic rings. The summed E-state index contributed by atoms with van der Waals surface area (Å²) in [7, 11) is 3.32. The first-order chi connectivity index (χ1) is 10.3. The second-order valence-electron chi connectivity index (χ2n) is 5.06. The van der Waals surface area contributed by atoms with Crippen LogP contribution in [0, 0.1) is 0 Å². The van der Waals surface area contributed by atoms with Gasteiger partial charge in [-0.15, -0.1) is 0 Å². The molecule has 0 saturated carbocycles. The smallest absolute Gasteiger partial charge is 0.165 e. The van der Waals surface area contributed by atoms with Crippen molar-refractivity contribution in [2.45, 2.75) is 25.5 Å². The SMILES string of the molecule is COCCOc1c(CNCC2CCCO2)cccc1OC. The average Bonchev–Trinajstić information content (AvgIpc) is 3.02. The van der Waals surface area contributed by atoms with E-state index in [9.17, 15) is 0 Å². The number of nitrogens with one attached hydrogen (secondary N) is 1. The van der Waals surface area contributed by atoms with E-state index in [0.717, 1.165) is 49.6 Å². The van der Waals surface area contributed by atoms with Gasteiger partial charge in [0.25, 0.3) is 0 Å². The number of ether oxygens (including phenoxy) is 4. The third kappa shape index (κ3) is 4.88. The van der Waals surface area contributed by atoms with Crippen LogP contribution in [-0.2, 0) is 16.0 Å². The van der Waals surface area contributed by atoms with Crippen LogP contribution in [0.4, 0.5) is 0 Å². The molecule has 0 amide bonds. The summed E-state index contributed by atoms with van der Waals surface area (Å²) in [4.78, 5) is 0. The summed E-state index contributed by atoms with van der Waals surface area (Å²) in [5.41, 5.74) is 1.09. The van der Waals surface area contributed by atoms with Crippen molar-refractivity contribution in [1.29, 1.82) is 0 Å². The molecule has 1 saturated heterocycles. The first-order valence-corrected chi connectivity index (χ1v) is 7.45. The van der Waals surface area contributed by atoms with Gasteiger partial charge in [0.15, 0.2) is 11.5 Å². The summed E-state index contributed by atoms with van der Waals surface area (Å²) in [5, 5.41) is 3.43. The maximum Gasteiger partial charge on any atom is 0.165 e. The Bertz CT molecular complexity index is 419. The van der Waals surface area contributed by atoms with E-state index in [0.29, 0.717) is 19.3 Å². The van der Waals surface area contributed by atoms with Gasteiger partial charge in [0.2, 0.25) is 0 Å². The standard InChI is InChI=1S/C16H25NO4/c1-18-9-10-21-16-13(5-3-7-15(16)19-2)11-17-12-14-6-4-8-20-14/h3,5,7,14,17H,4,6,8-12H2,1-2H3. The van der Waals surface area contributed by atoms with Crippen molar-refractivity contribution in [3.63, 3.8) is 0 Å². The van der Waals surface area contributed by atoms with E-state index in [4.69, 9.17) is 18.9 Å². The zero-order valence-electron chi connectivity index (χ0n) is 12.9. The number of benzene rings is 1. The average molecular weight is 295 g/mol. The number of rotatable bonds is 9. The van der Waals surface area contributed by atoms with Crippen LogP contribution < -0.4 is 14.8 Å². The van der Waals surface area contributed by atoms with Crippen molar-refractivity contribution in [2.24, 2.45) is 0 Å². The molecule has 1 aromatic carbocycles. The zero-order chi connectivity index (χ0) is 14.9. The summed E-state index contributed by atoms with van der Waals surface area (Å²) >= 11 is 0. The molecule has 0 radical (unpaired) electrons. The number of para-hydroxylation sites is 1. The van der Waals surface area contributed by atoms with Gasteiger partial charge in [0.05, 0.1) is 19.8 Å². The summed E-state index contributed by atoms with van der Waals surface area (Å²) in [6.45, 7) is 3.56. The van der Waals surface area contributed by atoms with Gasteiger partial charge < -0.3 is 24.3 Å². The number of methoxy groups -OCH3 is 2. The highest BCUT2D eigenvalue weighted by molar-refractivity contribution is 5.46. The third-order valence-corrected chi connectivity index (χ3v) is 3.53. The van der Waals surface area contributed by atoms with Crippen molar-refractivity contribution in [1.82, 2.24) is 5.32 Å². The molecule has 1 atom stereocenters. The Morgan fingerprint density at radius 2 is 2.19 bits per heavy atom. The van der Waals surface area contributed by atoms with Gasteiger partial charge in [-0.3, -0.25) is 0 Å². The Kier molecular flexibility index (Phi) is 6.79. The lowest BCUT2D eigenvalue weighted by atomic mass is 10.1. The molecule has 1 N–H and O–H groups in total. The molecule has 2 rings (SSSR count). The zero-order valence-corrected chi connectivity index (χ0v) is 12.9. The van der Waals surface area contributed by atoms with E-state index in [1.807, 2.05) is 18.2 Å². The van der Waals surface area contributed by atoms with Gasteiger partial charge in [-0.2, -0.15) is 0 Å². The highest BCUT2D eigenvalue weighted by Gasteiger charge is 2.15. The fourth-order valence-corrected chi connectivity index (χ4v) is 2.43. The van der Waals surface area contributed by atoms with E-state index in [-0.39, 0.29) is 0 Å². The fourth-order valence-electron chi connectivity index (χ4n) is 2.43. The van der Waals surface area contributed by atoms with Crippen LogP contribution in [-0.4, -0.2) is 46.7 Å². The van der Waals surface area contributed by atoms with E-state index >= 15 is 0 Å². The van der Waals surface area contributed by atoms with Gasteiger partial charge in [0.1, 0.15) is 6.61 Å². The predicted molar refractivity (Wildman–Crippen MR) is 81.0 cm³/mol. The molecule has 21 heavy (non-hydrogen) atoms. The maximum absolute atomic E-state index is 5.80. The van der Waals surface area contributed by atoms with Gasteiger partial charge >= 0.3 is 0 Å². The van der Waals surface area contributed by atoms with Crippen LogP contribution in [0.15, 0.2) is 18.2 Å². The quantitative estimate of drug-likeness (QED) is 0.706. The van der Waals surface area contributed by atoms with Crippen LogP contribution in [0.25, 0.3) is 0 Å². The first-order valence-electron chi connectivity index (χ1n) is 7.45. The first kappa shape index (κ1) is 16.1. The summed E-state index contributed by atoms with van der Waals surface area (Å²) in [5.74, 6) is 1.54. The third-order valence-electron chi connectivity index (χ3n) is 3.53. The summed E-state index contributed by atoms with van der Waals surface area (Å²) in [6.07, 6.45) is 2.65. The molecule has 0 bridgehead atoms. The van der Waals surface area contributed by atoms with Crippen molar-refractivity contribution in [3.8, 4) is 11.5 Å². The molecule has 118 valence electrons. The Hall–Kier alpha value is -1.30. The number of hydrogen-bond acceptors (Lipinski definition) is 5. The van der Waals surface area contributed by atoms with Crippen molar-refractivity contribution >= 4 is 0 Å². The van der Waals surface area contributed by atoms with Crippen molar-refractivity contribution in [2.75, 3.05) is 40.6 Å². The summed E-state index contributed by atoms with van der Waals surface area (Å²) < 4.78 is 21.8. The van der Waals surface area contributed by atoms with Crippen molar-refractivity contribution < 1.29 is 18.9 Å². The van der Waals surface area contributed by atoms with Gasteiger partial charge in [-0.1, -0.05) is 12.1 Å². The largest absolute Gasteiger partial charge is 0.493 e. The summed E-state index contributed by atoms with van der Waals surface area (Å²) in [6, 6.07) is 5.93. The lowest BCUT2D eigenvalue weighted by Crippen LogP contribution is -2.26. The fraction of sp³-hybridized carbons (Fsp3) is 0.625. The van der Waals surface area contributed by atoms with Gasteiger partial charge in [-0.05, 0) is 18.9 Å².